The maximum absolute atomic E-state index is 10.4. The molecule has 586 valence electrons. The van der Waals surface area contributed by atoms with E-state index < -0.39 is 26.2 Å². The monoisotopic (exact) mass is 1520 g/mol. The van der Waals surface area contributed by atoms with Crippen LogP contribution in [0.5, 0.6) is 23.0 Å². The van der Waals surface area contributed by atoms with Gasteiger partial charge in [0, 0.05) is 95.5 Å². The summed E-state index contributed by atoms with van der Waals surface area (Å²) in [5.41, 5.74) is 12.7. The number of phenols is 1. The van der Waals surface area contributed by atoms with Gasteiger partial charge in [0.25, 0.3) is 15.2 Å². The van der Waals surface area contributed by atoms with Gasteiger partial charge in [-0.25, -0.2) is 0 Å². The Labute approximate surface area is 646 Å². The molecule has 6 aliphatic rings. The van der Waals surface area contributed by atoms with Gasteiger partial charge < -0.3 is 89.1 Å². The SMILES string of the molecule is C.CC.CC.CC.CC.CC.CC(=O)O[C@H]1CCCCO1.CO.CO.C[O-].N=C(O[C@@H]1CCCCO1)C(Cl)(Cl)Cl.Nc1ccc(O[C@H]2CCCCO2)cc1.Nc1ccc(O[C@H]2CCCCO2)cc1.O=[N+]([O-])c1ccc(O)cc1.O=[N+]([O-])c1ccc(O[C@H]2CCCCO2)cc1.OC1CCCCO1.[Na+]. The second-order valence-corrected chi connectivity index (χ2v) is 21.7. The Morgan fingerprint density at radius 1 is 0.461 bits per heavy atom. The summed E-state index contributed by atoms with van der Waals surface area (Å²) in [6.07, 6.45) is 16.9. The molecule has 0 aliphatic carbocycles. The number of nitro benzene ring substituents is 2. The summed E-state index contributed by atoms with van der Waals surface area (Å²) in [5, 5.41) is 67.4. The molecule has 4 aromatic rings. The molecule has 6 atom stereocenters. The predicted molar refractivity (Wildman–Crippen MR) is 402 cm³/mol. The van der Waals surface area contributed by atoms with Crippen molar-refractivity contribution < 1.29 is 122 Å². The molecule has 6 saturated heterocycles. The number of nitrogens with one attached hydrogen (secondary N) is 1. The number of carbonyl (C=O) groups is 1. The Morgan fingerprint density at radius 3 is 0.922 bits per heavy atom. The average Bonchev–Trinajstić information content (AvgIpc) is 0.930. The van der Waals surface area contributed by atoms with Crippen LogP contribution in [0.2, 0.25) is 0 Å². The molecule has 26 nitrogen and oxygen atoms in total. The van der Waals surface area contributed by atoms with Gasteiger partial charge >= 0.3 is 35.5 Å². The van der Waals surface area contributed by atoms with Crippen molar-refractivity contribution in [2.75, 3.05) is 72.4 Å². The molecule has 0 amide bonds. The molecule has 0 spiro atoms. The zero-order valence-corrected chi connectivity index (χ0v) is 66.9. The molecular weight excluding hydrogens is 1400 g/mol. The number of aromatic hydroxyl groups is 1. The van der Waals surface area contributed by atoms with Crippen LogP contribution < -0.4 is 60.3 Å². The first-order valence-electron chi connectivity index (χ1n) is 34.4. The summed E-state index contributed by atoms with van der Waals surface area (Å²) >= 11 is 16.3. The van der Waals surface area contributed by atoms with Crippen molar-refractivity contribution in [3.8, 4) is 23.0 Å². The standard InChI is InChI=1S/C11H13NO4.2C11H15NO2.C7H10Cl3NO2.C7H12O3.C6H5NO3.C5H10O2.5C2H6.2CH4O.CH3O.CH4.Na/c13-12(14)9-4-6-10(7-5-9)16-11-3-1-2-8-15-11;2*12-9-4-6-10(7-5-9)14-11-3-1-2-8-13-11;8-7(9,10)6(11)13-5-3-1-2-4-12-5;1-6(8)10-7-4-2-3-5-9-7;8-6-3-1-5(2-4-6)7(9)10;6-5-3-1-2-4-7-5;8*1-2;;/h4-7,11H,1-3,8H2;2*4-7,11H,1-3,8,12H2;5,11H,1-4H2;7H,2-5H2,1H3;1-4,8H;5-6H,1-4H2;5*1-2H3;2*2H,1H3;1H3;1H4;/q;;;;;;;;;;;;;;-1;;+1/t3*11-;5-;7-;;;;;;;;;;;;/m00010............/s1. The number of phenolic OH excluding ortho intramolecular Hbond substituents is 1. The number of halogens is 3. The number of nitrogens with zero attached hydrogens (tertiary/aromatic N) is 2. The average molecular weight is 1530 g/mol. The summed E-state index contributed by atoms with van der Waals surface area (Å²) in [6, 6.07) is 25.9. The fraction of sp³-hybridized carbons (Fsp3) is 0.639. The minimum atomic E-state index is -1.79. The zero-order chi connectivity index (χ0) is 77.0. The smallest absolute Gasteiger partial charge is 0.857 e. The van der Waals surface area contributed by atoms with Gasteiger partial charge in [0.2, 0.25) is 18.5 Å². The number of carbonyl (C=O) groups excluding carboxylic acids is 1. The van der Waals surface area contributed by atoms with Crippen molar-refractivity contribution in [1.82, 2.24) is 0 Å². The Bertz CT molecular complexity index is 2390. The number of nitrogen functional groups attached to an aromatic ring is 2. The molecule has 6 fully saturated rings. The number of nitrogens with two attached hydrogens (primary N) is 2. The molecule has 9 N–H and O–H groups in total. The van der Waals surface area contributed by atoms with E-state index in [0.717, 1.165) is 180 Å². The maximum Gasteiger partial charge on any atom is 1.00 e. The first kappa shape index (κ1) is 110. The normalized spacial score (nSPS) is 18.4. The van der Waals surface area contributed by atoms with Crippen molar-refractivity contribution >= 4 is 69.4 Å². The summed E-state index contributed by atoms with van der Waals surface area (Å²) in [7, 11) is 2.75. The van der Waals surface area contributed by atoms with Crippen LogP contribution in [0.25, 0.3) is 0 Å². The third kappa shape index (κ3) is 61.2. The van der Waals surface area contributed by atoms with Gasteiger partial charge in [-0.15, -0.1) is 0 Å². The number of non-ortho nitro benzene ring substituents is 2. The van der Waals surface area contributed by atoms with Crippen LogP contribution in [0.15, 0.2) is 97.1 Å². The number of aliphatic hydroxyl groups is 3. The first-order valence-corrected chi connectivity index (χ1v) is 35.5. The van der Waals surface area contributed by atoms with Crippen LogP contribution in [0.4, 0.5) is 22.7 Å². The van der Waals surface area contributed by atoms with Crippen LogP contribution in [0.3, 0.4) is 0 Å². The van der Waals surface area contributed by atoms with Crippen LogP contribution in [0, 0.1) is 25.6 Å². The first-order chi connectivity index (χ1) is 48.3. The number of nitro groups is 2. The van der Waals surface area contributed by atoms with E-state index in [-0.39, 0.29) is 91.1 Å². The van der Waals surface area contributed by atoms with Crippen molar-refractivity contribution in [2.45, 2.75) is 241 Å². The molecule has 0 bridgehead atoms. The van der Waals surface area contributed by atoms with Crippen molar-refractivity contribution in [3.63, 3.8) is 0 Å². The molecule has 1 unspecified atom stereocenters. The molecular formula is C72H125Cl3N5NaO21. The van der Waals surface area contributed by atoms with E-state index in [1.165, 1.54) is 56.2 Å². The summed E-state index contributed by atoms with van der Waals surface area (Å²) in [5.74, 6) is 1.65. The number of anilines is 2. The minimum Gasteiger partial charge on any atom is -0.857 e. The topological polar surface area (TPSA) is 385 Å². The van der Waals surface area contributed by atoms with E-state index in [1.54, 1.807) is 12.1 Å². The van der Waals surface area contributed by atoms with Crippen molar-refractivity contribution in [1.29, 1.82) is 5.41 Å². The van der Waals surface area contributed by atoms with E-state index in [4.69, 9.17) is 129 Å². The third-order valence-corrected chi connectivity index (χ3v) is 12.8. The van der Waals surface area contributed by atoms with Crippen LogP contribution in [0.1, 0.15) is 199 Å². The Balaban J connectivity index is -0.000000201. The quantitative estimate of drug-likeness (QED) is 0.0113. The van der Waals surface area contributed by atoms with E-state index in [9.17, 15) is 25.0 Å². The Kier molecular flexibility index (Phi) is 83.2. The van der Waals surface area contributed by atoms with E-state index >= 15 is 0 Å². The van der Waals surface area contributed by atoms with E-state index in [2.05, 4.69) is 0 Å². The third-order valence-electron chi connectivity index (χ3n) is 12.3. The fourth-order valence-electron chi connectivity index (χ4n) is 7.90. The zero-order valence-electron chi connectivity index (χ0n) is 62.6. The predicted octanol–water partition coefficient (Wildman–Crippen LogP) is 13.6. The molecule has 0 radical (unpaired) electrons. The van der Waals surface area contributed by atoms with Gasteiger partial charge in [0.15, 0.2) is 25.2 Å². The maximum atomic E-state index is 10.4. The Morgan fingerprint density at radius 2 is 0.706 bits per heavy atom. The summed E-state index contributed by atoms with van der Waals surface area (Å²) in [4.78, 5) is 29.9. The number of aliphatic hydroxyl groups excluding tert-OH is 3. The summed E-state index contributed by atoms with van der Waals surface area (Å²) < 4.78 is 56.4. The molecule has 30 heteroatoms. The van der Waals surface area contributed by atoms with Crippen LogP contribution >= 0.6 is 34.8 Å². The van der Waals surface area contributed by atoms with Gasteiger partial charge in [0.1, 0.15) is 23.0 Å². The minimum absolute atomic E-state index is 0. The Hall–Kier alpha value is -5.11. The molecule has 102 heavy (non-hydrogen) atoms. The van der Waals surface area contributed by atoms with Crippen LogP contribution in [-0.4, -0.2) is 145 Å². The number of rotatable bonds is 10. The number of esters is 1. The number of benzene rings is 4. The number of hydrogen-bond donors (Lipinski definition) is 7. The van der Waals surface area contributed by atoms with Gasteiger partial charge in [-0.1, -0.05) is 111 Å². The molecule has 0 saturated carbocycles. The fourth-order valence-corrected chi connectivity index (χ4v) is 8.03. The molecule has 6 aliphatic heterocycles. The molecule has 4 aromatic carbocycles. The molecule has 6 heterocycles. The summed E-state index contributed by atoms with van der Waals surface area (Å²) in [6.45, 7) is 25.8. The number of alkyl halides is 3. The number of hydrogen-bond acceptors (Lipinski definition) is 24. The van der Waals surface area contributed by atoms with Gasteiger partial charge in [-0.3, -0.25) is 30.4 Å². The second-order valence-electron chi connectivity index (χ2n) is 19.4. The number of ether oxygens (including phenoxy) is 11. The second kappa shape index (κ2) is 77.0. The van der Waals surface area contributed by atoms with Gasteiger partial charge in [-0.2, -0.15) is 7.11 Å². The van der Waals surface area contributed by atoms with Crippen LogP contribution in [-0.2, 0) is 42.7 Å². The van der Waals surface area contributed by atoms with Crippen molar-refractivity contribution in [2.24, 2.45) is 0 Å². The van der Waals surface area contributed by atoms with Gasteiger partial charge in [-0.05, 0) is 156 Å². The van der Waals surface area contributed by atoms with Crippen molar-refractivity contribution in [3.05, 3.63) is 117 Å². The van der Waals surface area contributed by atoms with E-state index in [0.29, 0.717) is 12.4 Å². The largest absolute Gasteiger partial charge is 1.00 e. The van der Waals surface area contributed by atoms with E-state index in [1.807, 2.05) is 118 Å². The molecule has 0 aromatic heterocycles. The van der Waals surface area contributed by atoms with Gasteiger partial charge in [0.05, 0.1) is 42.9 Å². The molecule has 10 rings (SSSR count).